The largest absolute Gasteiger partial charge is 0.302 e. The van der Waals surface area contributed by atoms with E-state index in [1.165, 1.54) is 10.6 Å². The lowest BCUT2D eigenvalue weighted by molar-refractivity contribution is 0.788. The van der Waals surface area contributed by atoms with Gasteiger partial charge in [-0.1, -0.05) is 6.07 Å². The number of hydrogen-bond acceptors (Lipinski definition) is 2. The third-order valence-corrected chi connectivity index (χ3v) is 1.14. The minimum atomic E-state index is -0.135. The van der Waals surface area contributed by atoms with Crippen LogP contribution in [0.15, 0.2) is 29.2 Å². The van der Waals surface area contributed by atoms with Crippen molar-refractivity contribution in [2.45, 2.75) is 6.54 Å². The van der Waals surface area contributed by atoms with E-state index in [0.29, 0.717) is 0 Å². The van der Waals surface area contributed by atoms with Crippen molar-refractivity contribution in [3.05, 3.63) is 34.7 Å². The van der Waals surface area contributed by atoms with E-state index in [-0.39, 0.29) is 12.1 Å². The van der Waals surface area contributed by atoms with Crippen molar-refractivity contribution in [1.82, 2.24) is 4.57 Å². The van der Waals surface area contributed by atoms with Crippen LogP contribution in [0, 0.1) is 11.3 Å². The second-order valence-corrected chi connectivity index (χ2v) is 1.82. The van der Waals surface area contributed by atoms with E-state index >= 15 is 0 Å². The molecule has 3 nitrogen and oxygen atoms in total. The van der Waals surface area contributed by atoms with Gasteiger partial charge >= 0.3 is 0 Å². The first-order chi connectivity index (χ1) is 4.84. The summed E-state index contributed by atoms with van der Waals surface area (Å²) in [7, 11) is 0. The van der Waals surface area contributed by atoms with Gasteiger partial charge in [0.1, 0.15) is 6.54 Å². The Kier molecular flexibility index (Phi) is 1.86. The monoisotopic (exact) mass is 134 g/mol. The van der Waals surface area contributed by atoms with Crippen LogP contribution in [0.2, 0.25) is 0 Å². The Morgan fingerprint density at radius 3 is 3.00 bits per heavy atom. The van der Waals surface area contributed by atoms with Crippen LogP contribution in [-0.4, -0.2) is 4.57 Å². The maximum Gasteiger partial charge on any atom is 0.251 e. The molecular formula is C7H6N2O. The molecule has 0 amide bonds. The zero-order valence-electron chi connectivity index (χ0n) is 5.32. The van der Waals surface area contributed by atoms with Crippen molar-refractivity contribution in [2.24, 2.45) is 0 Å². The average Bonchev–Trinajstić information content (AvgIpc) is 1.94. The predicted octanol–water partition coefficient (Wildman–Crippen LogP) is 0.372. The van der Waals surface area contributed by atoms with Crippen molar-refractivity contribution in [1.29, 1.82) is 5.26 Å². The number of aromatic nitrogens is 1. The summed E-state index contributed by atoms with van der Waals surface area (Å²) < 4.78 is 1.35. The molecule has 0 fully saturated rings. The Hall–Kier alpha value is -1.56. The molecule has 0 N–H and O–H groups in total. The fourth-order valence-electron chi connectivity index (χ4n) is 0.667. The zero-order valence-corrected chi connectivity index (χ0v) is 5.32. The second-order valence-electron chi connectivity index (χ2n) is 1.82. The number of pyridine rings is 1. The second kappa shape index (κ2) is 2.83. The van der Waals surface area contributed by atoms with Gasteiger partial charge in [-0.3, -0.25) is 4.79 Å². The maximum absolute atomic E-state index is 10.8. The normalized spacial score (nSPS) is 8.70. The van der Waals surface area contributed by atoms with Crippen LogP contribution < -0.4 is 5.56 Å². The molecule has 1 heterocycles. The summed E-state index contributed by atoms with van der Waals surface area (Å²) in [5.74, 6) is 0. The number of nitrogens with zero attached hydrogens (tertiary/aromatic N) is 2. The van der Waals surface area contributed by atoms with E-state index in [1.54, 1.807) is 18.3 Å². The lowest BCUT2D eigenvalue weighted by atomic mass is 10.5. The van der Waals surface area contributed by atoms with Crippen LogP contribution in [0.1, 0.15) is 0 Å². The van der Waals surface area contributed by atoms with Gasteiger partial charge in [0.05, 0.1) is 6.07 Å². The molecular weight excluding hydrogens is 128 g/mol. The fourth-order valence-corrected chi connectivity index (χ4v) is 0.667. The molecule has 0 aliphatic rings. The van der Waals surface area contributed by atoms with Gasteiger partial charge in [-0.15, -0.1) is 0 Å². The molecule has 0 saturated carbocycles. The first-order valence-corrected chi connectivity index (χ1v) is 2.87. The van der Waals surface area contributed by atoms with E-state index in [1.807, 2.05) is 6.07 Å². The fraction of sp³-hybridized carbons (Fsp3) is 0.143. The minimum absolute atomic E-state index is 0.125. The van der Waals surface area contributed by atoms with E-state index < -0.39 is 0 Å². The summed E-state index contributed by atoms with van der Waals surface area (Å²) in [5, 5.41) is 8.23. The molecule has 0 unspecified atom stereocenters. The Balaban J connectivity index is 3.07. The summed E-state index contributed by atoms with van der Waals surface area (Å²) in [6.07, 6.45) is 1.59. The first-order valence-electron chi connectivity index (χ1n) is 2.87. The Labute approximate surface area is 58.1 Å². The van der Waals surface area contributed by atoms with Gasteiger partial charge in [-0.2, -0.15) is 5.26 Å². The third kappa shape index (κ3) is 1.23. The lowest BCUT2D eigenvalue weighted by Crippen LogP contribution is -2.16. The summed E-state index contributed by atoms with van der Waals surface area (Å²) >= 11 is 0. The SMILES string of the molecule is N#CCn1ccccc1=O. The molecule has 0 bridgehead atoms. The van der Waals surface area contributed by atoms with Crippen molar-refractivity contribution in [3.63, 3.8) is 0 Å². The molecule has 3 heteroatoms. The highest BCUT2D eigenvalue weighted by Gasteiger charge is 1.88. The van der Waals surface area contributed by atoms with Gasteiger partial charge < -0.3 is 4.57 Å². The molecule has 0 aliphatic heterocycles. The minimum Gasteiger partial charge on any atom is -0.302 e. The summed E-state index contributed by atoms with van der Waals surface area (Å²) in [6.45, 7) is 0.125. The van der Waals surface area contributed by atoms with Gasteiger partial charge in [0, 0.05) is 12.3 Å². The number of rotatable bonds is 1. The molecule has 0 saturated heterocycles. The molecule has 0 aliphatic carbocycles. The molecule has 1 rings (SSSR count). The number of hydrogen-bond donors (Lipinski definition) is 0. The number of nitriles is 1. The van der Waals surface area contributed by atoms with Crippen molar-refractivity contribution in [3.8, 4) is 6.07 Å². The van der Waals surface area contributed by atoms with Crippen molar-refractivity contribution < 1.29 is 0 Å². The van der Waals surface area contributed by atoms with Crippen LogP contribution in [-0.2, 0) is 6.54 Å². The Bertz CT molecular complexity index is 308. The average molecular weight is 134 g/mol. The molecule has 50 valence electrons. The van der Waals surface area contributed by atoms with E-state index in [4.69, 9.17) is 5.26 Å². The van der Waals surface area contributed by atoms with Crippen LogP contribution >= 0.6 is 0 Å². The van der Waals surface area contributed by atoms with Gasteiger partial charge in [-0.05, 0) is 6.07 Å². The molecule has 10 heavy (non-hydrogen) atoms. The standard InChI is InChI=1S/C7H6N2O/c8-4-6-9-5-2-1-3-7(9)10/h1-3,5H,6H2. The van der Waals surface area contributed by atoms with Crippen molar-refractivity contribution in [2.75, 3.05) is 0 Å². The van der Waals surface area contributed by atoms with Crippen LogP contribution in [0.25, 0.3) is 0 Å². The molecule has 0 aromatic carbocycles. The quantitative estimate of drug-likeness (QED) is 0.557. The molecule has 0 atom stereocenters. The first kappa shape index (κ1) is 6.56. The van der Waals surface area contributed by atoms with Crippen molar-refractivity contribution >= 4 is 0 Å². The Morgan fingerprint density at radius 1 is 1.60 bits per heavy atom. The zero-order chi connectivity index (χ0) is 7.40. The van der Waals surface area contributed by atoms with Gasteiger partial charge in [-0.25, -0.2) is 0 Å². The topological polar surface area (TPSA) is 45.8 Å². The summed E-state index contributed by atoms with van der Waals surface area (Å²) in [4.78, 5) is 10.8. The molecule has 0 spiro atoms. The van der Waals surface area contributed by atoms with E-state index in [2.05, 4.69) is 0 Å². The third-order valence-electron chi connectivity index (χ3n) is 1.14. The summed E-state index contributed by atoms with van der Waals surface area (Å²) in [6, 6.07) is 6.69. The molecule has 1 aromatic rings. The molecule has 0 radical (unpaired) electrons. The van der Waals surface area contributed by atoms with Crippen LogP contribution in [0.3, 0.4) is 0 Å². The lowest BCUT2D eigenvalue weighted by Gasteiger charge is -1.94. The van der Waals surface area contributed by atoms with E-state index in [0.717, 1.165) is 0 Å². The van der Waals surface area contributed by atoms with Crippen LogP contribution in [0.5, 0.6) is 0 Å². The Morgan fingerprint density at radius 2 is 2.40 bits per heavy atom. The predicted molar refractivity (Wildman–Crippen MR) is 36.3 cm³/mol. The van der Waals surface area contributed by atoms with Crippen LogP contribution in [0.4, 0.5) is 0 Å². The smallest absolute Gasteiger partial charge is 0.251 e. The van der Waals surface area contributed by atoms with E-state index in [9.17, 15) is 4.79 Å². The van der Waals surface area contributed by atoms with Gasteiger partial charge in [0.25, 0.3) is 5.56 Å². The summed E-state index contributed by atoms with van der Waals surface area (Å²) in [5.41, 5.74) is -0.135. The highest BCUT2D eigenvalue weighted by atomic mass is 16.1. The molecule has 1 aromatic heterocycles. The van der Waals surface area contributed by atoms with Gasteiger partial charge in [0.2, 0.25) is 0 Å². The maximum atomic E-state index is 10.8. The van der Waals surface area contributed by atoms with Gasteiger partial charge in [0.15, 0.2) is 0 Å². The highest BCUT2D eigenvalue weighted by Crippen LogP contribution is 1.79. The highest BCUT2D eigenvalue weighted by molar-refractivity contribution is 4.94.